The van der Waals surface area contributed by atoms with Crippen molar-refractivity contribution in [2.45, 2.75) is 13.5 Å². The molecule has 0 N–H and O–H groups in total. The van der Waals surface area contributed by atoms with Crippen molar-refractivity contribution in [1.82, 2.24) is 0 Å². The Morgan fingerprint density at radius 2 is 1.77 bits per heavy atom. The molecule has 8 heteroatoms. The summed E-state index contributed by atoms with van der Waals surface area (Å²) in [4.78, 5) is 26.1. The maximum Gasteiger partial charge on any atom is 0.347 e. The molecular weight excluding hydrogens is 535 g/mol. The number of carbonyl (C=O) groups is 2. The number of hydrogen-bond donors (Lipinski definition) is 0. The first-order valence-corrected chi connectivity index (χ1v) is 12.7. The summed E-state index contributed by atoms with van der Waals surface area (Å²) >= 11 is 6.08. The van der Waals surface area contributed by atoms with E-state index in [9.17, 15) is 14.0 Å². The number of rotatable bonds is 6. The standard InChI is InChI=1S/C32H20ClFO6/c1-18-30(24-14-20(11-13-27(24)38-18)37-17-19-6-3-2-4-7-19)32(36)39-21-10-12-22-28(15-21)40-29(31(22)35)16-23-25(33)8-5-9-26(23)34/h2-16H,17H2,1H3/b29-16-. The molecule has 1 aromatic heterocycles. The van der Waals surface area contributed by atoms with Gasteiger partial charge in [0.25, 0.3) is 0 Å². The van der Waals surface area contributed by atoms with Crippen LogP contribution in [0.5, 0.6) is 17.2 Å². The zero-order valence-corrected chi connectivity index (χ0v) is 21.8. The molecular formula is C32H20ClFO6. The fraction of sp³-hybridized carbons (Fsp3) is 0.0625. The Balaban J connectivity index is 1.23. The molecule has 4 aromatic carbocycles. The van der Waals surface area contributed by atoms with Crippen LogP contribution in [0.4, 0.5) is 4.39 Å². The number of fused-ring (bicyclic) bond motifs is 2. The lowest BCUT2D eigenvalue weighted by Gasteiger charge is -2.07. The number of ketones is 1. The molecule has 0 amide bonds. The van der Waals surface area contributed by atoms with E-state index in [4.69, 9.17) is 30.2 Å². The minimum atomic E-state index is -0.644. The molecule has 0 unspecified atom stereocenters. The van der Waals surface area contributed by atoms with Crippen LogP contribution in [0.2, 0.25) is 5.02 Å². The monoisotopic (exact) mass is 554 g/mol. The second-order valence-electron chi connectivity index (χ2n) is 9.09. The quantitative estimate of drug-likeness (QED) is 0.120. The van der Waals surface area contributed by atoms with Crippen LogP contribution in [-0.2, 0) is 6.61 Å². The minimum absolute atomic E-state index is 0.0430. The number of allylic oxidation sites excluding steroid dienone is 1. The largest absolute Gasteiger partial charge is 0.489 e. The van der Waals surface area contributed by atoms with E-state index < -0.39 is 17.6 Å². The summed E-state index contributed by atoms with van der Waals surface area (Å²) in [7, 11) is 0. The summed E-state index contributed by atoms with van der Waals surface area (Å²) in [5, 5.41) is 0.693. The fourth-order valence-corrected chi connectivity index (χ4v) is 4.67. The third kappa shape index (κ3) is 4.83. The normalized spacial score (nSPS) is 13.4. The first-order chi connectivity index (χ1) is 19.4. The third-order valence-corrected chi connectivity index (χ3v) is 6.74. The smallest absolute Gasteiger partial charge is 0.347 e. The van der Waals surface area contributed by atoms with Crippen molar-refractivity contribution in [3.63, 3.8) is 0 Å². The Bertz CT molecular complexity index is 1800. The first-order valence-electron chi connectivity index (χ1n) is 12.3. The SMILES string of the molecule is Cc1oc2ccc(OCc3ccccc3)cc2c1C(=O)Oc1ccc2c(c1)O/C(=C\c1c(F)cccc1Cl)C2=O. The second-order valence-corrected chi connectivity index (χ2v) is 9.50. The van der Waals surface area contributed by atoms with Crippen molar-refractivity contribution < 1.29 is 32.6 Å². The number of Topliss-reactive ketones (excluding diaryl/α,β-unsaturated/α-hetero) is 1. The molecule has 6 nitrogen and oxygen atoms in total. The van der Waals surface area contributed by atoms with Gasteiger partial charge in [-0.05, 0) is 61.0 Å². The summed E-state index contributed by atoms with van der Waals surface area (Å²) < 4.78 is 37.2. The van der Waals surface area contributed by atoms with Crippen LogP contribution in [0.1, 0.15) is 37.6 Å². The number of furan rings is 1. The predicted octanol–water partition coefficient (Wildman–Crippen LogP) is 7.95. The van der Waals surface area contributed by atoms with Gasteiger partial charge in [-0.1, -0.05) is 48.0 Å². The van der Waals surface area contributed by atoms with E-state index in [1.165, 1.54) is 42.5 Å². The van der Waals surface area contributed by atoms with Gasteiger partial charge in [-0.25, -0.2) is 9.18 Å². The highest BCUT2D eigenvalue weighted by Crippen LogP contribution is 2.37. The molecule has 1 aliphatic rings. The van der Waals surface area contributed by atoms with Crippen LogP contribution in [0, 0.1) is 12.7 Å². The Hall–Kier alpha value is -4.88. The number of aryl methyl sites for hydroxylation is 1. The highest BCUT2D eigenvalue weighted by Gasteiger charge is 2.29. The predicted molar refractivity (Wildman–Crippen MR) is 147 cm³/mol. The average molecular weight is 555 g/mol. The van der Waals surface area contributed by atoms with Crippen molar-refractivity contribution in [1.29, 1.82) is 0 Å². The van der Waals surface area contributed by atoms with Gasteiger partial charge in [-0.3, -0.25) is 4.79 Å². The fourth-order valence-electron chi connectivity index (χ4n) is 4.45. The lowest BCUT2D eigenvalue weighted by atomic mass is 10.1. The minimum Gasteiger partial charge on any atom is -0.489 e. The van der Waals surface area contributed by atoms with E-state index in [0.717, 1.165) is 5.56 Å². The Morgan fingerprint density at radius 1 is 0.975 bits per heavy atom. The van der Waals surface area contributed by atoms with E-state index in [-0.39, 0.29) is 39.0 Å². The molecule has 198 valence electrons. The number of esters is 1. The Morgan fingerprint density at radius 3 is 2.58 bits per heavy atom. The van der Waals surface area contributed by atoms with Gasteiger partial charge in [0.1, 0.15) is 46.6 Å². The molecule has 1 aliphatic heterocycles. The number of benzene rings is 4. The lowest BCUT2D eigenvalue weighted by Crippen LogP contribution is -2.09. The number of ether oxygens (including phenoxy) is 3. The molecule has 40 heavy (non-hydrogen) atoms. The topological polar surface area (TPSA) is 75.0 Å². The zero-order chi connectivity index (χ0) is 27.8. The van der Waals surface area contributed by atoms with Crippen LogP contribution in [0.15, 0.2) is 95.1 Å². The Labute approximate surface area is 233 Å². The summed E-state index contributed by atoms with van der Waals surface area (Å²) in [5.41, 5.74) is 2.08. The van der Waals surface area contributed by atoms with Crippen molar-refractivity contribution >= 4 is 40.4 Å². The number of hydrogen-bond acceptors (Lipinski definition) is 6. The maximum absolute atomic E-state index is 14.2. The van der Waals surface area contributed by atoms with E-state index in [2.05, 4.69) is 0 Å². The highest BCUT2D eigenvalue weighted by atomic mass is 35.5. The molecule has 0 bridgehead atoms. The van der Waals surface area contributed by atoms with Crippen molar-refractivity contribution in [3.05, 3.63) is 130 Å². The molecule has 5 aromatic rings. The van der Waals surface area contributed by atoms with Crippen LogP contribution < -0.4 is 14.2 Å². The van der Waals surface area contributed by atoms with Gasteiger partial charge in [0.05, 0.1) is 10.6 Å². The van der Waals surface area contributed by atoms with Gasteiger partial charge in [0.2, 0.25) is 5.78 Å². The van der Waals surface area contributed by atoms with E-state index in [1.54, 1.807) is 25.1 Å². The zero-order valence-electron chi connectivity index (χ0n) is 21.1. The van der Waals surface area contributed by atoms with Crippen LogP contribution >= 0.6 is 11.6 Å². The van der Waals surface area contributed by atoms with Crippen LogP contribution in [0.3, 0.4) is 0 Å². The highest BCUT2D eigenvalue weighted by molar-refractivity contribution is 6.32. The van der Waals surface area contributed by atoms with E-state index in [0.29, 0.717) is 29.1 Å². The number of halogens is 2. The van der Waals surface area contributed by atoms with Gasteiger partial charge in [0.15, 0.2) is 5.76 Å². The van der Waals surface area contributed by atoms with Gasteiger partial charge in [-0.2, -0.15) is 0 Å². The van der Waals surface area contributed by atoms with Crippen molar-refractivity contribution in [2.75, 3.05) is 0 Å². The molecule has 0 radical (unpaired) electrons. The molecule has 0 aliphatic carbocycles. The first kappa shape index (κ1) is 25.4. The van der Waals surface area contributed by atoms with Crippen LogP contribution in [-0.4, -0.2) is 11.8 Å². The third-order valence-electron chi connectivity index (χ3n) is 6.42. The maximum atomic E-state index is 14.2. The molecule has 6 rings (SSSR count). The summed E-state index contributed by atoms with van der Waals surface area (Å²) in [6.45, 7) is 2.05. The van der Waals surface area contributed by atoms with E-state index >= 15 is 0 Å². The van der Waals surface area contributed by atoms with Crippen LogP contribution in [0.25, 0.3) is 17.0 Å². The molecule has 0 fully saturated rings. The summed E-state index contributed by atoms with van der Waals surface area (Å²) in [6.07, 6.45) is 1.25. The molecule has 0 saturated heterocycles. The molecule has 0 atom stereocenters. The molecule has 2 heterocycles. The Kier molecular flexibility index (Phi) is 6.58. The van der Waals surface area contributed by atoms with E-state index in [1.807, 2.05) is 30.3 Å². The second kappa shape index (κ2) is 10.4. The van der Waals surface area contributed by atoms with Gasteiger partial charge in [0, 0.05) is 17.0 Å². The van der Waals surface area contributed by atoms with Gasteiger partial charge < -0.3 is 18.6 Å². The van der Waals surface area contributed by atoms with Crippen molar-refractivity contribution in [3.8, 4) is 17.2 Å². The number of carbonyl (C=O) groups excluding carboxylic acids is 2. The lowest BCUT2D eigenvalue weighted by molar-refractivity contribution is 0.0734. The van der Waals surface area contributed by atoms with Gasteiger partial charge in [-0.15, -0.1) is 0 Å². The molecule has 0 spiro atoms. The average Bonchev–Trinajstić information content (AvgIpc) is 3.44. The van der Waals surface area contributed by atoms with Crippen molar-refractivity contribution in [2.24, 2.45) is 0 Å². The van der Waals surface area contributed by atoms with Gasteiger partial charge >= 0.3 is 5.97 Å². The summed E-state index contributed by atoms with van der Waals surface area (Å²) in [6, 6.07) is 23.6. The molecule has 0 saturated carbocycles. The summed E-state index contributed by atoms with van der Waals surface area (Å²) in [5.74, 6) is -0.457.